The monoisotopic (exact) mass is 236 g/mol. The Morgan fingerprint density at radius 2 is 2.00 bits per heavy atom. The lowest BCUT2D eigenvalue weighted by atomic mass is 10.2. The maximum Gasteiger partial charge on any atom is 0.302 e. The molecule has 4 heteroatoms. The molecule has 1 amide bonds. The van der Waals surface area contributed by atoms with Gasteiger partial charge in [0, 0.05) is 21.0 Å². The van der Waals surface area contributed by atoms with Crippen molar-refractivity contribution in [3.8, 4) is 0 Å². The quantitative estimate of drug-likeness (QED) is 0.751. The van der Waals surface area contributed by atoms with Crippen LogP contribution < -0.4 is 4.90 Å². The van der Waals surface area contributed by atoms with Crippen LogP contribution in [0, 0.1) is 0 Å². The summed E-state index contributed by atoms with van der Waals surface area (Å²) in [4.78, 5) is 24.2. The van der Waals surface area contributed by atoms with E-state index in [9.17, 15) is 9.59 Å². The molecule has 0 radical (unpaired) electrons. The van der Waals surface area contributed by atoms with Gasteiger partial charge in [0.15, 0.2) is 0 Å². The number of hydrogen-bond donors (Lipinski definition) is 0. The molecule has 0 fully saturated rings. The number of carbonyl (C=O) groups is 2. The summed E-state index contributed by atoms with van der Waals surface area (Å²) in [7, 11) is 1.60. The summed E-state index contributed by atoms with van der Waals surface area (Å²) < 4.78 is 12.6. The highest BCUT2D eigenvalue weighted by Gasteiger charge is 2.16. The molecule has 0 aliphatic rings. The fourth-order valence-corrected chi connectivity index (χ4v) is 1.39. The molecule has 0 N–H and O–H groups in total. The van der Waals surface area contributed by atoms with Gasteiger partial charge in [-0.3, -0.25) is 9.59 Å². The van der Waals surface area contributed by atoms with Crippen molar-refractivity contribution < 1.29 is 15.7 Å². The summed E-state index contributed by atoms with van der Waals surface area (Å²) >= 11 is 0. The molecule has 0 saturated heterocycles. The van der Waals surface area contributed by atoms with E-state index in [0.29, 0.717) is 5.69 Å². The van der Waals surface area contributed by atoms with E-state index >= 15 is 0 Å². The third-order valence-electron chi connectivity index (χ3n) is 2.20. The van der Waals surface area contributed by atoms with Crippen molar-refractivity contribution in [1.29, 1.82) is 0 Å². The number of nitrogens with zero attached hydrogens (tertiary/aromatic N) is 1. The van der Waals surface area contributed by atoms with Crippen molar-refractivity contribution in [2.75, 3.05) is 11.9 Å². The van der Waals surface area contributed by atoms with Crippen LogP contribution in [0.5, 0.6) is 0 Å². The van der Waals surface area contributed by atoms with E-state index in [0.717, 1.165) is 0 Å². The maximum atomic E-state index is 12.0. The molecular weight excluding hydrogens is 218 g/mol. The minimum Gasteiger partial charge on any atom is -0.462 e. The van der Waals surface area contributed by atoms with Crippen molar-refractivity contribution in [2.24, 2.45) is 0 Å². The molecule has 0 spiro atoms. The summed E-state index contributed by atoms with van der Waals surface area (Å²) in [5.41, 5.74) is 0.703. The normalized spacial score (nSPS) is 14.4. The van der Waals surface area contributed by atoms with Crippen molar-refractivity contribution >= 4 is 17.6 Å². The highest BCUT2D eigenvalue weighted by atomic mass is 16.5. The standard InChI is InChI=1S/C13H17NO3/c1-10(17-11(2)15)9-13(16)14(3)12-7-5-4-6-8-12/h4-8,10H,9H2,1-3H3/i9D/t9-,10?/m0/s1. The minimum absolute atomic E-state index is 0.407. The zero-order chi connectivity index (χ0) is 13.7. The van der Waals surface area contributed by atoms with Gasteiger partial charge in [-0.2, -0.15) is 0 Å². The lowest BCUT2D eigenvalue weighted by molar-refractivity contribution is -0.146. The molecule has 4 nitrogen and oxygen atoms in total. The Labute approximate surface area is 103 Å². The summed E-state index contributed by atoms with van der Waals surface area (Å²) in [5.74, 6) is -0.898. The van der Waals surface area contributed by atoms with Gasteiger partial charge >= 0.3 is 5.97 Å². The van der Waals surface area contributed by atoms with Gasteiger partial charge in [0.1, 0.15) is 6.10 Å². The Kier molecular flexibility index (Phi) is 4.13. The molecule has 92 valence electrons. The smallest absolute Gasteiger partial charge is 0.302 e. The van der Waals surface area contributed by atoms with Crippen molar-refractivity contribution in [1.82, 2.24) is 0 Å². The third-order valence-corrected chi connectivity index (χ3v) is 2.20. The number of anilines is 1. The van der Waals surface area contributed by atoms with Crippen LogP contribution in [0.2, 0.25) is 0 Å². The van der Waals surface area contributed by atoms with E-state index in [-0.39, 0.29) is 0 Å². The molecule has 1 unspecified atom stereocenters. The predicted molar refractivity (Wildman–Crippen MR) is 65.7 cm³/mol. The molecule has 0 aliphatic heterocycles. The van der Waals surface area contributed by atoms with Crippen LogP contribution in [0.3, 0.4) is 0 Å². The number of esters is 1. The number of ether oxygens (including phenoxy) is 1. The van der Waals surface area contributed by atoms with Crippen LogP contribution >= 0.6 is 0 Å². The minimum atomic E-state index is -1.13. The molecule has 0 aromatic heterocycles. The first-order valence-corrected chi connectivity index (χ1v) is 5.35. The second-order valence-corrected chi connectivity index (χ2v) is 3.71. The van der Waals surface area contributed by atoms with Gasteiger partial charge in [-0.15, -0.1) is 0 Å². The molecule has 17 heavy (non-hydrogen) atoms. The highest BCUT2D eigenvalue weighted by Crippen LogP contribution is 2.13. The first-order chi connectivity index (χ1) is 8.43. The first kappa shape index (κ1) is 11.6. The zero-order valence-electron chi connectivity index (χ0n) is 11.2. The van der Waals surface area contributed by atoms with Gasteiger partial charge in [0.25, 0.3) is 0 Å². The van der Waals surface area contributed by atoms with Gasteiger partial charge in [0.05, 0.1) is 6.40 Å². The fraction of sp³-hybridized carbons (Fsp3) is 0.385. The topological polar surface area (TPSA) is 46.6 Å². The Hall–Kier alpha value is -1.84. The van der Waals surface area contributed by atoms with E-state index < -0.39 is 24.4 Å². The third kappa shape index (κ3) is 4.26. The molecule has 0 saturated carbocycles. The lowest BCUT2D eigenvalue weighted by Gasteiger charge is -2.19. The lowest BCUT2D eigenvalue weighted by Crippen LogP contribution is -2.30. The molecule has 0 heterocycles. The van der Waals surface area contributed by atoms with Crippen LogP contribution in [0.25, 0.3) is 0 Å². The van der Waals surface area contributed by atoms with Gasteiger partial charge < -0.3 is 9.64 Å². The molecule has 1 aromatic rings. The van der Waals surface area contributed by atoms with Gasteiger partial charge in [0.2, 0.25) is 5.91 Å². The van der Waals surface area contributed by atoms with Gasteiger partial charge in [-0.25, -0.2) is 0 Å². The summed E-state index contributed by atoms with van der Waals surface area (Å²) in [6.07, 6.45) is -1.89. The fourth-order valence-electron chi connectivity index (χ4n) is 1.39. The molecule has 2 atom stereocenters. The average molecular weight is 236 g/mol. The second-order valence-electron chi connectivity index (χ2n) is 3.71. The van der Waals surface area contributed by atoms with Crippen LogP contribution in [0.4, 0.5) is 5.69 Å². The summed E-state index contributed by atoms with van der Waals surface area (Å²) in [6, 6.07) is 9.03. The number of rotatable bonds is 4. The highest BCUT2D eigenvalue weighted by molar-refractivity contribution is 5.93. The Morgan fingerprint density at radius 3 is 2.53 bits per heavy atom. The largest absolute Gasteiger partial charge is 0.462 e. The average Bonchev–Trinajstić information content (AvgIpc) is 2.36. The van der Waals surface area contributed by atoms with Crippen molar-refractivity contribution in [2.45, 2.75) is 26.3 Å². The SMILES string of the molecule is [2H][C@H](C(=O)N(C)c1ccccc1)C(C)OC(C)=O. The number of amides is 1. The van der Waals surface area contributed by atoms with Crippen LogP contribution in [-0.4, -0.2) is 25.0 Å². The van der Waals surface area contributed by atoms with Crippen LogP contribution in [0.15, 0.2) is 30.3 Å². The van der Waals surface area contributed by atoms with Crippen molar-refractivity contribution in [3.05, 3.63) is 30.3 Å². The molecule has 1 aromatic carbocycles. The molecular formula is C13H17NO3. The summed E-state index contributed by atoms with van der Waals surface area (Å²) in [6.45, 7) is 2.80. The van der Waals surface area contributed by atoms with E-state index in [4.69, 9.17) is 6.11 Å². The van der Waals surface area contributed by atoms with Crippen molar-refractivity contribution in [3.63, 3.8) is 0 Å². The van der Waals surface area contributed by atoms with Gasteiger partial charge in [-0.1, -0.05) is 18.2 Å². The number of benzene rings is 1. The maximum absolute atomic E-state index is 12.0. The van der Waals surface area contributed by atoms with Crippen LogP contribution in [0.1, 0.15) is 21.6 Å². The first-order valence-electron chi connectivity index (χ1n) is 5.93. The number of carbonyl (C=O) groups excluding carboxylic acids is 2. The van der Waals surface area contributed by atoms with E-state index in [1.54, 1.807) is 19.2 Å². The Bertz CT molecular complexity index is 422. The molecule has 0 aliphatic carbocycles. The zero-order valence-corrected chi connectivity index (χ0v) is 10.2. The predicted octanol–water partition coefficient (Wildman–Crippen LogP) is 1.99. The van der Waals surface area contributed by atoms with E-state index in [1.165, 1.54) is 18.7 Å². The van der Waals surface area contributed by atoms with Crippen LogP contribution in [-0.2, 0) is 14.3 Å². The molecule has 0 bridgehead atoms. The number of hydrogen-bond acceptors (Lipinski definition) is 3. The second kappa shape index (κ2) is 6.03. The molecule has 1 rings (SSSR count). The summed E-state index contributed by atoms with van der Waals surface area (Å²) in [5, 5.41) is 0. The van der Waals surface area contributed by atoms with E-state index in [1.807, 2.05) is 18.2 Å². The van der Waals surface area contributed by atoms with Gasteiger partial charge in [-0.05, 0) is 19.1 Å². The van der Waals surface area contributed by atoms with E-state index in [2.05, 4.69) is 0 Å². The number of para-hydroxylation sites is 1. The Balaban J connectivity index is 2.72. The Morgan fingerprint density at radius 1 is 1.41 bits per heavy atom.